The first-order chi connectivity index (χ1) is 14.5. The maximum Gasteiger partial charge on any atom is 0.416 e. The van der Waals surface area contributed by atoms with Gasteiger partial charge in [0.05, 0.1) is 23.1 Å². The van der Waals surface area contributed by atoms with E-state index in [2.05, 4.69) is 9.97 Å². The van der Waals surface area contributed by atoms with Crippen LogP contribution in [0.25, 0.3) is 10.9 Å². The van der Waals surface area contributed by atoms with Crippen LogP contribution < -0.4 is 9.47 Å². The third-order valence-corrected chi connectivity index (χ3v) is 4.46. The summed E-state index contributed by atoms with van der Waals surface area (Å²) in [5.41, 5.74) is 1.08. The molecule has 0 atom stereocenters. The van der Waals surface area contributed by atoms with Gasteiger partial charge < -0.3 is 9.47 Å². The molecule has 0 aliphatic carbocycles. The van der Waals surface area contributed by atoms with Crippen molar-refractivity contribution in [1.82, 2.24) is 9.97 Å². The lowest BCUT2D eigenvalue weighted by Crippen LogP contribution is -2.04. The fraction of sp³-hybridized carbons (Fsp3) is 0.130. The lowest BCUT2D eigenvalue weighted by atomic mass is 10.1. The van der Waals surface area contributed by atoms with E-state index in [0.717, 1.165) is 28.6 Å². The van der Waals surface area contributed by atoms with E-state index < -0.39 is 11.7 Å². The van der Waals surface area contributed by atoms with Gasteiger partial charge in [0.2, 0.25) is 5.88 Å². The summed E-state index contributed by atoms with van der Waals surface area (Å²) in [5.74, 6) is 1.13. The highest BCUT2D eigenvalue weighted by molar-refractivity contribution is 5.82. The first-order valence-electron chi connectivity index (χ1n) is 9.26. The Morgan fingerprint density at radius 3 is 2.40 bits per heavy atom. The van der Waals surface area contributed by atoms with Crippen LogP contribution in [0.2, 0.25) is 0 Å². The molecule has 0 saturated heterocycles. The topological polar surface area (TPSA) is 44.2 Å². The largest absolute Gasteiger partial charge is 0.477 e. The second-order valence-corrected chi connectivity index (χ2v) is 6.57. The summed E-state index contributed by atoms with van der Waals surface area (Å²) in [6.07, 6.45) is -2.29. The van der Waals surface area contributed by atoms with Crippen LogP contribution in [-0.2, 0) is 12.6 Å². The monoisotopic (exact) mass is 410 g/mol. The van der Waals surface area contributed by atoms with Crippen molar-refractivity contribution in [1.29, 1.82) is 0 Å². The molecule has 4 rings (SSSR count). The molecule has 4 aromatic rings. The van der Waals surface area contributed by atoms with E-state index in [0.29, 0.717) is 24.7 Å². The number of halogens is 3. The van der Waals surface area contributed by atoms with Gasteiger partial charge in [0.15, 0.2) is 0 Å². The number of hydrogen-bond donors (Lipinski definition) is 0. The quantitative estimate of drug-likeness (QED) is 0.387. The Kier molecular flexibility index (Phi) is 5.52. The maximum absolute atomic E-state index is 12.8. The average molecular weight is 410 g/mol. The van der Waals surface area contributed by atoms with Crippen LogP contribution in [0.1, 0.15) is 11.1 Å². The number of benzene rings is 3. The molecule has 7 heteroatoms. The van der Waals surface area contributed by atoms with Gasteiger partial charge in [-0.15, -0.1) is 0 Å². The number of aromatic nitrogens is 2. The van der Waals surface area contributed by atoms with E-state index >= 15 is 0 Å². The predicted octanol–water partition coefficient (Wildman–Crippen LogP) is 6.06. The van der Waals surface area contributed by atoms with Crippen molar-refractivity contribution in [3.8, 4) is 17.4 Å². The van der Waals surface area contributed by atoms with Crippen molar-refractivity contribution < 1.29 is 22.6 Å². The Morgan fingerprint density at radius 2 is 1.60 bits per heavy atom. The average Bonchev–Trinajstić information content (AvgIpc) is 2.75. The molecule has 0 amide bonds. The van der Waals surface area contributed by atoms with Gasteiger partial charge in [0, 0.05) is 6.42 Å². The summed E-state index contributed by atoms with van der Waals surface area (Å²) in [6, 6.07) is 19.6. The zero-order chi connectivity index (χ0) is 21.0. The van der Waals surface area contributed by atoms with Crippen LogP contribution >= 0.6 is 0 Å². The fourth-order valence-corrected chi connectivity index (χ4v) is 2.96. The zero-order valence-electron chi connectivity index (χ0n) is 15.8. The molecule has 0 aliphatic rings. The minimum Gasteiger partial charge on any atom is -0.477 e. The first-order valence-corrected chi connectivity index (χ1v) is 9.26. The Balaban J connectivity index is 1.36. The summed E-state index contributed by atoms with van der Waals surface area (Å²) in [7, 11) is 0. The summed E-state index contributed by atoms with van der Waals surface area (Å²) in [6.45, 7) is 0.425. The smallest absolute Gasteiger partial charge is 0.416 e. The van der Waals surface area contributed by atoms with Crippen molar-refractivity contribution in [3.63, 3.8) is 0 Å². The Labute approximate surface area is 170 Å². The zero-order valence-corrected chi connectivity index (χ0v) is 15.8. The minimum atomic E-state index is -4.40. The van der Waals surface area contributed by atoms with Crippen LogP contribution in [0.3, 0.4) is 0 Å². The van der Waals surface area contributed by atoms with Crippen molar-refractivity contribution >= 4 is 10.9 Å². The molecular weight excluding hydrogens is 393 g/mol. The van der Waals surface area contributed by atoms with Crippen LogP contribution in [-0.4, -0.2) is 16.6 Å². The molecule has 1 heterocycles. The van der Waals surface area contributed by atoms with E-state index in [1.54, 1.807) is 12.1 Å². The summed E-state index contributed by atoms with van der Waals surface area (Å²) < 4.78 is 49.8. The highest BCUT2D eigenvalue weighted by Gasteiger charge is 2.30. The van der Waals surface area contributed by atoms with Crippen LogP contribution in [0.4, 0.5) is 13.2 Å². The maximum atomic E-state index is 12.8. The number of hydrogen-bond acceptors (Lipinski definition) is 4. The molecule has 4 nitrogen and oxygen atoms in total. The van der Waals surface area contributed by atoms with E-state index in [1.165, 1.54) is 18.5 Å². The highest BCUT2D eigenvalue weighted by atomic mass is 19.4. The molecule has 0 saturated carbocycles. The van der Waals surface area contributed by atoms with Crippen LogP contribution in [0, 0.1) is 0 Å². The Hall–Kier alpha value is -3.61. The van der Waals surface area contributed by atoms with Crippen LogP contribution in [0.15, 0.2) is 79.1 Å². The van der Waals surface area contributed by atoms with Gasteiger partial charge in [-0.3, -0.25) is 0 Å². The van der Waals surface area contributed by atoms with Gasteiger partial charge in [0.25, 0.3) is 0 Å². The molecule has 30 heavy (non-hydrogen) atoms. The highest BCUT2D eigenvalue weighted by Crippen LogP contribution is 2.32. The van der Waals surface area contributed by atoms with Crippen molar-refractivity contribution in [2.45, 2.75) is 12.6 Å². The molecule has 0 N–H and O–H groups in total. The third-order valence-electron chi connectivity index (χ3n) is 4.46. The Morgan fingerprint density at radius 1 is 0.800 bits per heavy atom. The van der Waals surface area contributed by atoms with E-state index in [4.69, 9.17) is 9.47 Å². The van der Waals surface area contributed by atoms with Gasteiger partial charge in [-0.2, -0.15) is 13.2 Å². The molecular formula is C23H17F3N2O2. The lowest BCUT2D eigenvalue weighted by Gasteiger charge is -2.11. The molecule has 0 aliphatic heterocycles. The second-order valence-electron chi connectivity index (χ2n) is 6.57. The van der Waals surface area contributed by atoms with Gasteiger partial charge in [-0.1, -0.05) is 30.3 Å². The van der Waals surface area contributed by atoms with Crippen molar-refractivity contribution in [2.24, 2.45) is 0 Å². The molecule has 0 spiro atoms. The molecule has 0 fully saturated rings. The molecule has 0 bridgehead atoms. The summed E-state index contributed by atoms with van der Waals surface area (Å²) >= 11 is 0. The lowest BCUT2D eigenvalue weighted by molar-refractivity contribution is -0.137. The van der Waals surface area contributed by atoms with Gasteiger partial charge >= 0.3 is 6.18 Å². The summed E-state index contributed by atoms with van der Waals surface area (Å²) in [4.78, 5) is 8.39. The molecule has 0 radical (unpaired) electrons. The van der Waals surface area contributed by atoms with Crippen LogP contribution in [0.5, 0.6) is 17.4 Å². The van der Waals surface area contributed by atoms with Gasteiger partial charge in [-0.25, -0.2) is 9.97 Å². The van der Waals surface area contributed by atoms with Crippen molar-refractivity contribution in [3.05, 3.63) is 90.3 Å². The van der Waals surface area contributed by atoms with E-state index in [9.17, 15) is 13.2 Å². The predicted molar refractivity (Wildman–Crippen MR) is 107 cm³/mol. The SMILES string of the molecule is FC(F)(F)c1cccc(Oc2ccc(CCOc3ncnc4ccccc34)cc2)c1. The first kappa shape index (κ1) is 19.7. The minimum absolute atomic E-state index is 0.136. The molecule has 0 unspecified atom stereocenters. The standard InChI is InChI=1S/C23H17F3N2O2/c24-23(25,26)17-4-3-5-19(14-17)30-18-10-8-16(9-11-18)12-13-29-22-20-6-1-2-7-21(20)27-15-28-22/h1-11,14-15H,12-13H2. The third kappa shape index (κ3) is 4.68. The Bertz CT molecular complexity index is 1140. The number of fused-ring (bicyclic) bond motifs is 1. The number of para-hydroxylation sites is 1. The van der Waals surface area contributed by atoms with Gasteiger partial charge in [-0.05, 0) is 48.0 Å². The van der Waals surface area contributed by atoms with Crippen molar-refractivity contribution in [2.75, 3.05) is 6.61 Å². The van der Waals surface area contributed by atoms with E-state index in [1.807, 2.05) is 36.4 Å². The molecule has 1 aromatic heterocycles. The number of nitrogens with zero attached hydrogens (tertiary/aromatic N) is 2. The summed E-state index contributed by atoms with van der Waals surface area (Å²) in [5, 5.41) is 0.852. The van der Waals surface area contributed by atoms with E-state index in [-0.39, 0.29) is 5.75 Å². The van der Waals surface area contributed by atoms with Gasteiger partial charge in [0.1, 0.15) is 17.8 Å². The number of rotatable bonds is 6. The number of ether oxygens (including phenoxy) is 2. The molecule has 3 aromatic carbocycles. The second kappa shape index (κ2) is 8.41. The fourth-order valence-electron chi connectivity index (χ4n) is 2.96. The number of alkyl halides is 3. The normalized spacial score (nSPS) is 11.4. The molecule has 152 valence electrons.